The molecular formula is C28H26N3+. The predicted molar refractivity (Wildman–Crippen MR) is 127 cm³/mol. The summed E-state index contributed by atoms with van der Waals surface area (Å²) in [6, 6.07) is 26.0. The number of benzene rings is 3. The Bertz CT molecular complexity index is 1410. The summed E-state index contributed by atoms with van der Waals surface area (Å²) in [6.45, 7) is 6.50. The minimum absolute atomic E-state index is 1.14. The number of hydrogen-bond acceptors (Lipinski definition) is 1. The van der Waals surface area contributed by atoms with E-state index in [1.54, 1.807) is 0 Å². The fraction of sp³-hybridized carbons (Fsp3) is 0.143. The number of rotatable bonds is 3. The molecule has 2 aromatic heterocycles. The van der Waals surface area contributed by atoms with Crippen LogP contribution in [-0.4, -0.2) is 9.55 Å². The number of imidazole rings is 1. The van der Waals surface area contributed by atoms with Crippen LogP contribution in [0.5, 0.6) is 0 Å². The van der Waals surface area contributed by atoms with Crippen LogP contribution >= 0.6 is 0 Å². The first-order valence-electron chi connectivity index (χ1n) is 10.6. The fourth-order valence-electron chi connectivity index (χ4n) is 4.43. The molecule has 0 saturated heterocycles. The second-order valence-corrected chi connectivity index (χ2v) is 8.27. The van der Waals surface area contributed by atoms with Gasteiger partial charge in [0.05, 0.1) is 12.6 Å². The molecule has 5 aromatic rings. The monoisotopic (exact) mass is 404 g/mol. The zero-order chi connectivity index (χ0) is 21.5. The van der Waals surface area contributed by atoms with Crippen LogP contribution in [0.15, 0.2) is 85.2 Å². The van der Waals surface area contributed by atoms with Crippen molar-refractivity contribution in [2.24, 2.45) is 7.05 Å². The Hall–Kier alpha value is -3.72. The van der Waals surface area contributed by atoms with Crippen molar-refractivity contribution in [2.45, 2.75) is 20.8 Å². The first-order chi connectivity index (χ1) is 15.0. The third kappa shape index (κ3) is 3.23. The molecule has 3 nitrogen and oxygen atoms in total. The molecule has 0 radical (unpaired) electrons. The molecule has 0 aliphatic heterocycles. The molecule has 0 N–H and O–H groups in total. The average Bonchev–Trinajstić information content (AvgIpc) is 3.06. The van der Waals surface area contributed by atoms with Crippen LogP contribution in [0.1, 0.15) is 16.7 Å². The third-order valence-electron chi connectivity index (χ3n) is 6.09. The quantitative estimate of drug-likeness (QED) is 0.333. The van der Waals surface area contributed by atoms with Gasteiger partial charge in [-0.3, -0.25) is 4.98 Å². The summed E-state index contributed by atoms with van der Waals surface area (Å²) in [6.07, 6.45) is 3.83. The maximum atomic E-state index is 4.44. The average molecular weight is 405 g/mol. The summed E-state index contributed by atoms with van der Waals surface area (Å²) >= 11 is 0. The first kappa shape index (κ1) is 19.3. The van der Waals surface area contributed by atoms with Gasteiger partial charge in [-0.25, -0.2) is 4.57 Å². The lowest BCUT2D eigenvalue weighted by Gasteiger charge is -2.10. The Morgan fingerprint density at radius 2 is 1.58 bits per heavy atom. The van der Waals surface area contributed by atoms with Crippen molar-refractivity contribution in [3.63, 3.8) is 0 Å². The van der Waals surface area contributed by atoms with E-state index in [1.807, 2.05) is 12.4 Å². The van der Waals surface area contributed by atoms with Gasteiger partial charge >= 0.3 is 0 Å². The van der Waals surface area contributed by atoms with Crippen molar-refractivity contribution in [3.05, 3.63) is 102 Å². The number of nitrogens with zero attached hydrogens (tertiary/aromatic N) is 3. The normalized spacial score (nSPS) is 11.2. The second-order valence-electron chi connectivity index (χ2n) is 8.27. The molecule has 0 atom stereocenters. The van der Waals surface area contributed by atoms with Crippen molar-refractivity contribution in [1.29, 1.82) is 0 Å². The lowest BCUT2D eigenvalue weighted by atomic mass is 10.0. The molecule has 0 fully saturated rings. The first-order valence-corrected chi connectivity index (χ1v) is 10.6. The van der Waals surface area contributed by atoms with E-state index >= 15 is 0 Å². The molecule has 2 heterocycles. The molecule has 0 spiro atoms. The highest BCUT2D eigenvalue weighted by atomic mass is 15.2. The van der Waals surface area contributed by atoms with E-state index in [0.29, 0.717) is 0 Å². The van der Waals surface area contributed by atoms with Gasteiger partial charge in [-0.1, -0.05) is 42.5 Å². The number of pyridine rings is 1. The van der Waals surface area contributed by atoms with Crippen molar-refractivity contribution >= 4 is 11.0 Å². The van der Waals surface area contributed by atoms with Gasteiger partial charge in [-0.15, -0.1) is 0 Å². The predicted octanol–water partition coefficient (Wildman–Crippen LogP) is 6.11. The van der Waals surface area contributed by atoms with Crippen molar-refractivity contribution in [1.82, 2.24) is 9.55 Å². The molecule has 0 aliphatic rings. The minimum Gasteiger partial charge on any atom is -0.264 e. The molecule has 5 rings (SSSR count). The van der Waals surface area contributed by atoms with Crippen molar-refractivity contribution in [2.75, 3.05) is 0 Å². The van der Waals surface area contributed by atoms with E-state index in [4.69, 9.17) is 0 Å². The summed E-state index contributed by atoms with van der Waals surface area (Å²) in [5.74, 6) is 1.14. The Morgan fingerprint density at radius 1 is 0.774 bits per heavy atom. The molecule has 152 valence electrons. The zero-order valence-corrected chi connectivity index (χ0v) is 18.4. The van der Waals surface area contributed by atoms with Gasteiger partial charge in [0.2, 0.25) is 0 Å². The Kier molecular flexibility index (Phi) is 4.67. The van der Waals surface area contributed by atoms with E-state index in [9.17, 15) is 0 Å². The van der Waals surface area contributed by atoms with Crippen LogP contribution in [-0.2, 0) is 7.05 Å². The molecule has 0 saturated carbocycles. The summed E-state index contributed by atoms with van der Waals surface area (Å²) < 4.78 is 4.67. The van der Waals surface area contributed by atoms with Crippen LogP contribution in [0.25, 0.3) is 39.2 Å². The lowest BCUT2D eigenvalue weighted by molar-refractivity contribution is -0.633. The molecular weight excluding hydrogens is 378 g/mol. The number of hydrogen-bond donors (Lipinski definition) is 0. The standard InChI is InChI=1S/C28H26N3/c1-19-10-12-26-27(16-19)31(28(30(26)4)24-18-29-15-14-20(24)2)25-13-11-23(17-21(25)3)22-8-6-5-7-9-22/h5-18H,1-4H3/q+1. The fourth-order valence-corrected chi connectivity index (χ4v) is 4.43. The van der Waals surface area contributed by atoms with Crippen LogP contribution in [0.3, 0.4) is 0 Å². The van der Waals surface area contributed by atoms with Gasteiger partial charge < -0.3 is 0 Å². The van der Waals surface area contributed by atoms with Gasteiger partial charge in [-0.05, 0) is 78.9 Å². The molecule has 0 amide bonds. The Morgan fingerprint density at radius 3 is 2.32 bits per heavy atom. The van der Waals surface area contributed by atoms with Crippen LogP contribution in [0.4, 0.5) is 0 Å². The summed E-state index contributed by atoms with van der Waals surface area (Å²) in [4.78, 5) is 4.44. The largest absolute Gasteiger partial charge is 0.296 e. The van der Waals surface area contributed by atoms with Crippen molar-refractivity contribution < 1.29 is 4.57 Å². The van der Waals surface area contributed by atoms with Gasteiger partial charge in [-0.2, -0.15) is 4.57 Å². The van der Waals surface area contributed by atoms with Gasteiger partial charge in [0.25, 0.3) is 5.82 Å². The minimum atomic E-state index is 1.14. The van der Waals surface area contributed by atoms with E-state index in [2.05, 4.69) is 115 Å². The molecule has 0 unspecified atom stereocenters. The smallest absolute Gasteiger partial charge is 0.264 e. The van der Waals surface area contributed by atoms with Crippen LogP contribution in [0.2, 0.25) is 0 Å². The van der Waals surface area contributed by atoms with E-state index in [-0.39, 0.29) is 0 Å². The zero-order valence-electron chi connectivity index (χ0n) is 18.4. The van der Waals surface area contributed by atoms with E-state index in [1.165, 1.54) is 44.5 Å². The molecule has 3 heteroatoms. The van der Waals surface area contributed by atoms with Gasteiger partial charge in [0.1, 0.15) is 5.69 Å². The lowest BCUT2D eigenvalue weighted by Crippen LogP contribution is -2.30. The summed E-state index contributed by atoms with van der Waals surface area (Å²) in [5.41, 5.74) is 10.9. The van der Waals surface area contributed by atoms with Crippen molar-refractivity contribution in [3.8, 4) is 28.2 Å². The molecule has 31 heavy (non-hydrogen) atoms. The maximum Gasteiger partial charge on any atom is 0.296 e. The SMILES string of the molecule is Cc1ccc2c(c1)n(-c1ccc(-c3ccccc3)cc1C)c(-c1cnccc1C)[n+]2C. The van der Waals surface area contributed by atoms with Crippen LogP contribution in [0, 0.1) is 20.8 Å². The number of aryl methyl sites for hydroxylation is 4. The van der Waals surface area contributed by atoms with Gasteiger partial charge in [0.15, 0.2) is 11.0 Å². The van der Waals surface area contributed by atoms with Crippen LogP contribution < -0.4 is 4.57 Å². The van der Waals surface area contributed by atoms with Gasteiger partial charge in [0, 0.05) is 12.4 Å². The highest BCUT2D eigenvalue weighted by Gasteiger charge is 2.28. The Labute approximate surface area is 183 Å². The highest BCUT2D eigenvalue weighted by molar-refractivity contribution is 5.81. The summed E-state index contributed by atoms with van der Waals surface area (Å²) in [5, 5.41) is 0. The topological polar surface area (TPSA) is 21.7 Å². The maximum absolute atomic E-state index is 4.44. The van der Waals surface area contributed by atoms with E-state index in [0.717, 1.165) is 11.4 Å². The Balaban J connectivity index is 1.81. The second kappa shape index (κ2) is 7.51. The molecule has 0 bridgehead atoms. The molecule has 3 aromatic carbocycles. The molecule has 0 aliphatic carbocycles. The number of aromatic nitrogens is 3. The van der Waals surface area contributed by atoms with E-state index < -0.39 is 0 Å². The number of fused-ring (bicyclic) bond motifs is 1. The third-order valence-corrected chi connectivity index (χ3v) is 6.09. The summed E-state index contributed by atoms with van der Waals surface area (Å²) in [7, 11) is 2.14. The highest BCUT2D eigenvalue weighted by Crippen LogP contribution is 2.32.